The lowest BCUT2D eigenvalue weighted by molar-refractivity contribution is -0.145. The molecule has 2 aliphatic rings. The van der Waals surface area contributed by atoms with E-state index in [1.165, 1.54) is 6.26 Å². The van der Waals surface area contributed by atoms with Crippen LogP contribution in [-0.2, 0) is 22.6 Å². The van der Waals surface area contributed by atoms with Crippen LogP contribution in [0.2, 0.25) is 0 Å². The third-order valence-corrected chi connectivity index (χ3v) is 5.72. The van der Waals surface area contributed by atoms with Crippen molar-refractivity contribution in [3.05, 3.63) is 59.5 Å². The molecule has 3 heterocycles. The molecule has 1 saturated heterocycles. The molecule has 2 aromatic rings. The number of nitrogens with zero attached hydrogens (tertiary/aromatic N) is 2. The summed E-state index contributed by atoms with van der Waals surface area (Å²) in [5.74, 6) is -0.589. The molecule has 2 aliphatic heterocycles. The predicted octanol–water partition coefficient (Wildman–Crippen LogP) is 1.57. The van der Waals surface area contributed by atoms with Crippen LogP contribution in [0.15, 0.2) is 47.1 Å². The Balaban J connectivity index is 1.44. The average Bonchev–Trinajstić information content (AvgIpc) is 3.26. The number of carbonyl (C=O) groups is 3. The van der Waals surface area contributed by atoms with Gasteiger partial charge in [-0.1, -0.05) is 24.3 Å². The van der Waals surface area contributed by atoms with E-state index in [9.17, 15) is 14.4 Å². The maximum absolute atomic E-state index is 13.2. The summed E-state index contributed by atoms with van der Waals surface area (Å²) in [7, 11) is 0. The Morgan fingerprint density at radius 2 is 1.71 bits per heavy atom. The number of furan rings is 1. The summed E-state index contributed by atoms with van der Waals surface area (Å²) in [6, 6.07) is 10.5. The molecule has 2 N–H and O–H groups in total. The molecule has 1 aromatic carbocycles. The lowest BCUT2D eigenvalue weighted by Crippen LogP contribution is -2.54. The topological polar surface area (TPSA) is 96.9 Å². The first-order valence-corrected chi connectivity index (χ1v) is 9.54. The molecular formula is C21H23N3O4. The lowest BCUT2D eigenvalue weighted by atomic mass is 9.89. The van der Waals surface area contributed by atoms with E-state index in [1.807, 2.05) is 24.3 Å². The van der Waals surface area contributed by atoms with Gasteiger partial charge in [-0.25, -0.2) is 0 Å². The number of nitrogens with two attached hydrogens (primary N) is 1. The Kier molecular flexibility index (Phi) is 4.90. The molecule has 3 amide bonds. The van der Waals surface area contributed by atoms with E-state index in [4.69, 9.17) is 10.2 Å². The number of primary amides is 1. The first-order chi connectivity index (χ1) is 13.5. The fourth-order valence-corrected chi connectivity index (χ4v) is 4.13. The van der Waals surface area contributed by atoms with Crippen LogP contribution in [0.1, 0.15) is 34.5 Å². The van der Waals surface area contributed by atoms with Crippen molar-refractivity contribution >= 4 is 17.7 Å². The van der Waals surface area contributed by atoms with E-state index in [1.54, 1.807) is 21.9 Å². The molecule has 0 spiro atoms. The van der Waals surface area contributed by atoms with Gasteiger partial charge in [-0.15, -0.1) is 0 Å². The highest BCUT2D eigenvalue weighted by molar-refractivity contribution is 5.92. The van der Waals surface area contributed by atoms with Crippen LogP contribution in [0.3, 0.4) is 0 Å². The number of benzene rings is 1. The van der Waals surface area contributed by atoms with Gasteiger partial charge in [0.05, 0.1) is 6.26 Å². The standard InChI is InChI=1S/C21H23N3O4/c22-19(25)17-12-15-4-1-2-5-16(15)13-24(17)20(26)14-7-9-23(10-8-14)21(27)18-6-3-11-28-18/h1-6,11,14,17H,7-10,12-13H2,(H2,22,25)/t17-/m0/s1. The number of hydrogen-bond donors (Lipinski definition) is 1. The highest BCUT2D eigenvalue weighted by atomic mass is 16.3. The largest absolute Gasteiger partial charge is 0.459 e. The van der Waals surface area contributed by atoms with Crippen molar-refractivity contribution in [3.63, 3.8) is 0 Å². The van der Waals surface area contributed by atoms with Gasteiger partial charge in [0.15, 0.2) is 5.76 Å². The molecule has 1 atom stereocenters. The second kappa shape index (κ2) is 7.50. The van der Waals surface area contributed by atoms with Gasteiger partial charge in [0.25, 0.3) is 5.91 Å². The van der Waals surface area contributed by atoms with Crippen molar-refractivity contribution in [1.82, 2.24) is 9.80 Å². The molecule has 1 fully saturated rings. The Hall–Kier alpha value is -3.09. The van der Waals surface area contributed by atoms with Crippen LogP contribution in [-0.4, -0.2) is 46.7 Å². The van der Waals surface area contributed by atoms with Crippen molar-refractivity contribution in [2.24, 2.45) is 11.7 Å². The number of carbonyl (C=O) groups excluding carboxylic acids is 3. The number of piperidine rings is 1. The molecule has 146 valence electrons. The average molecular weight is 381 g/mol. The Morgan fingerprint density at radius 3 is 2.36 bits per heavy atom. The lowest BCUT2D eigenvalue weighted by Gasteiger charge is -2.39. The number of likely N-dealkylation sites (tertiary alicyclic amines) is 1. The third-order valence-electron chi connectivity index (χ3n) is 5.72. The molecule has 7 nitrogen and oxygen atoms in total. The first-order valence-electron chi connectivity index (χ1n) is 9.54. The van der Waals surface area contributed by atoms with E-state index in [0.717, 1.165) is 11.1 Å². The summed E-state index contributed by atoms with van der Waals surface area (Å²) in [5, 5.41) is 0. The van der Waals surface area contributed by atoms with Crippen LogP contribution in [0.5, 0.6) is 0 Å². The Labute approximate surface area is 163 Å². The number of rotatable bonds is 3. The summed E-state index contributed by atoms with van der Waals surface area (Å²) >= 11 is 0. The van der Waals surface area contributed by atoms with Crippen LogP contribution >= 0.6 is 0 Å². The SMILES string of the molecule is NC(=O)[C@@H]1Cc2ccccc2CN1C(=O)C1CCN(C(=O)c2ccco2)CC1. The minimum atomic E-state index is -0.620. The summed E-state index contributed by atoms with van der Waals surface area (Å²) in [6.07, 6.45) is 3.05. The van der Waals surface area contributed by atoms with Gasteiger partial charge in [0, 0.05) is 32.0 Å². The van der Waals surface area contributed by atoms with Crippen LogP contribution in [0.25, 0.3) is 0 Å². The minimum absolute atomic E-state index is 0.0524. The summed E-state index contributed by atoms with van der Waals surface area (Å²) in [5.41, 5.74) is 7.72. The molecule has 0 aliphatic carbocycles. The van der Waals surface area contributed by atoms with Crippen molar-refractivity contribution in [3.8, 4) is 0 Å². The normalized spacial score (nSPS) is 19.9. The fraction of sp³-hybridized carbons (Fsp3) is 0.381. The van der Waals surface area contributed by atoms with Gasteiger partial charge in [-0.05, 0) is 36.1 Å². The van der Waals surface area contributed by atoms with Crippen molar-refractivity contribution in [2.45, 2.75) is 31.8 Å². The predicted molar refractivity (Wildman–Crippen MR) is 101 cm³/mol. The Bertz CT molecular complexity index is 885. The highest BCUT2D eigenvalue weighted by Crippen LogP contribution is 2.28. The monoisotopic (exact) mass is 381 g/mol. The number of fused-ring (bicyclic) bond motifs is 1. The maximum atomic E-state index is 13.2. The van der Waals surface area contributed by atoms with Gasteiger partial charge in [-0.2, -0.15) is 0 Å². The molecule has 0 radical (unpaired) electrons. The summed E-state index contributed by atoms with van der Waals surface area (Å²) < 4.78 is 5.17. The van der Waals surface area contributed by atoms with Crippen molar-refractivity contribution < 1.29 is 18.8 Å². The van der Waals surface area contributed by atoms with Gasteiger partial charge in [0.2, 0.25) is 11.8 Å². The van der Waals surface area contributed by atoms with E-state index < -0.39 is 11.9 Å². The molecular weight excluding hydrogens is 358 g/mol. The van der Waals surface area contributed by atoms with Crippen LogP contribution < -0.4 is 5.73 Å². The zero-order chi connectivity index (χ0) is 19.7. The van der Waals surface area contributed by atoms with Crippen molar-refractivity contribution in [2.75, 3.05) is 13.1 Å². The smallest absolute Gasteiger partial charge is 0.289 e. The Morgan fingerprint density at radius 1 is 1.00 bits per heavy atom. The molecule has 28 heavy (non-hydrogen) atoms. The van der Waals surface area contributed by atoms with E-state index in [2.05, 4.69) is 0 Å². The zero-order valence-electron chi connectivity index (χ0n) is 15.5. The number of amides is 3. The zero-order valence-corrected chi connectivity index (χ0v) is 15.5. The molecule has 0 saturated carbocycles. The first kappa shape index (κ1) is 18.3. The molecule has 0 unspecified atom stereocenters. The number of hydrogen-bond acceptors (Lipinski definition) is 4. The minimum Gasteiger partial charge on any atom is -0.459 e. The molecule has 4 rings (SSSR count). The van der Waals surface area contributed by atoms with Gasteiger partial charge in [0.1, 0.15) is 6.04 Å². The van der Waals surface area contributed by atoms with Crippen LogP contribution in [0.4, 0.5) is 0 Å². The van der Waals surface area contributed by atoms with E-state index in [0.29, 0.717) is 44.7 Å². The second-order valence-electron chi connectivity index (χ2n) is 7.40. The highest BCUT2D eigenvalue weighted by Gasteiger charge is 2.38. The maximum Gasteiger partial charge on any atom is 0.289 e. The summed E-state index contributed by atoms with van der Waals surface area (Å²) in [4.78, 5) is 40.9. The molecule has 7 heteroatoms. The summed E-state index contributed by atoms with van der Waals surface area (Å²) in [6.45, 7) is 1.37. The molecule has 1 aromatic heterocycles. The van der Waals surface area contributed by atoms with Gasteiger partial charge < -0.3 is 20.0 Å². The van der Waals surface area contributed by atoms with Gasteiger partial charge >= 0.3 is 0 Å². The molecule has 0 bridgehead atoms. The van der Waals surface area contributed by atoms with Crippen molar-refractivity contribution in [1.29, 1.82) is 0 Å². The van der Waals surface area contributed by atoms with E-state index in [-0.39, 0.29) is 17.7 Å². The third kappa shape index (κ3) is 3.40. The van der Waals surface area contributed by atoms with Gasteiger partial charge in [-0.3, -0.25) is 14.4 Å². The van der Waals surface area contributed by atoms with E-state index >= 15 is 0 Å². The quantitative estimate of drug-likeness (QED) is 0.873. The fourth-order valence-electron chi connectivity index (χ4n) is 4.13. The van der Waals surface area contributed by atoms with Crippen LogP contribution in [0, 0.1) is 5.92 Å². The second-order valence-corrected chi connectivity index (χ2v) is 7.40.